The van der Waals surface area contributed by atoms with E-state index < -0.39 is 6.04 Å². The van der Waals surface area contributed by atoms with Gasteiger partial charge < -0.3 is 16.0 Å². The van der Waals surface area contributed by atoms with Crippen LogP contribution in [0.25, 0.3) is 0 Å². The van der Waals surface area contributed by atoms with Gasteiger partial charge in [0.05, 0.1) is 11.6 Å². The van der Waals surface area contributed by atoms with Gasteiger partial charge in [-0.1, -0.05) is 41.4 Å². The molecular formula is C19H18ClN3O2. The molecule has 0 aliphatic carbocycles. The SMILES string of the molecule is CC1=C(C(=O)Nc2ccc(C)cc2)[C@H](c2ccc(Cl)cc2)NC(=O)N1. The molecule has 0 unspecified atom stereocenters. The van der Waals surface area contributed by atoms with Crippen LogP contribution in [0.2, 0.25) is 5.02 Å². The van der Waals surface area contributed by atoms with Crippen LogP contribution < -0.4 is 16.0 Å². The Hall–Kier alpha value is -2.79. The van der Waals surface area contributed by atoms with Gasteiger partial charge in [-0.15, -0.1) is 0 Å². The molecule has 3 rings (SSSR count). The molecule has 0 radical (unpaired) electrons. The van der Waals surface area contributed by atoms with Crippen LogP contribution in [0.4, 0.5) is 10.5 Å². The van der Waals surface area contributed by atoms with E-state index in [1.807, 2.05) is 31.2 Å². The van der Waals surface area contributed by atoms with Crippen LogP contribution in [-0.2, 0) is 4.79 Å². The van der Waals surface area contributed by atoms with Gasteiger partial charge in [-0.3, -0.25) is 4.79 Å². The molecule has 2 aromatic rings. The van der Waals surface area contributed by atoms with Crippen molar-refractivity contribution in [2.24, 2.45) is 0 Å². The summed E-state index contributed by atoms with van der Waals surface area (Å²) in [6.07, 6.45) is 0. The van der Waals surface area contributed by atoms with Crippen LogP contribution in [0.3, 0.4) is 0 Å². The van der Waals surface area contributed by atoms with Crippen molar-refractivity contribution in [2.75, 3.05) is 5.32 Å². The first-order valence-corrected chi connectivity index (χ1v) is 8.23. The summed E-state index contributed by atoms with van der Waals surface area (Å²) >= 11 is 5.94. The van der Waals surface area contributed by atoms with Gasteiger partial charge in [-0.05, 0) is 43.7 Å². The van der Waals surface area contributed by atoms with Crippen molar-refractivity contribution < 1.29 is 9.59 Å². The molecule has 0 aromatic heterocycles. The third kappa shape index (κ3) is 3.83. The Morgan fingerprint density at radius 2 is 1.68 bits per heavy atom. The molecule has 2 aromatic carbocycles. The Labute approximate surface area is 151 Å². The van der Waals surface area contributed by atoms with Crippen LogP contribution in [0.1, 0.15) is 24.1 Å². The fourth-order valence-corrected chi connectivity index (χ4v) is 2.86. The van der Waals surface area contributed by atoms with Gasteiger partial charge in [0.25, 0.3) is 5.91 Å². The number of nitrogens with one attached hydrogen (secondary N) is 3. The lowest BCUT2D eigenvalue weighted by Gasteiger charge is -2.28. The number of benzene rings is 2. The number of anilines is 1. The van der Waals surface area contributed by atoms with Crippen LogP contribution in [-0.4, -0.2) is 11.9 Å². The van der Waals surface area contributed by atoms with E-state index in [9.17, 15) is 9.59 Å². The number of allylic oxidation sites excluding steroid dienone is 1. The molecule has 1 aliphatic rings. The third-order valence-electron chi connectivity index (χ3n) is 4.03. The maximum Gasteiger partial charge on any atom is 0.319 e. The minimum atomic E-state index is -0.545. The number of hydrogen-bond acceptors (Lipinski definition) is 2. The van der Waals surface area contributed by atoms with E-state index in [-0.39, 0.29) is 11.9 Å². The molecular weight excluding hydrogens is 338 g/mol. The van der Waals surface area contributed by atoms with E-state index in [1.54, 1.807) is 31.2 Å². The van der Waals surface area contributed by atoms with Crippen molar-refractivity contribution in [3.05, 3.63) is 76.0 Å². The molecule has 0 spiro atoms. The largest absolute Gasteiger partial charge is 0.327 e. The zero-order valence-corrected chi connectivity index (χ0v) is 14.6. The molecule has 3 N–H and O–H groups in total. The molecule has 1 heterocycles. The Morgan fingerprint density at radius 1 is 1.04 bits per heavy atom. The Kier molecular flexibility index (Phi) is 4.76. The standard InChI is InChI=1S/C19H18ClN3O2/c1-11-3-9-15(10-4-11)22-18(24)16-12(2)21-19(25)23-17(16)13-5-7-14(20)8-6-13/h3-10,17H,1-2H3,(H,22,24)(H2,21,23,25)/t17-/m0/s1. The number of carbonyl (C=O) groups excluding carboxylic acids is 2. The van der Waals surface area contributed by atoms with Gasteiger partial charge in [0.15, 0.2) is 0 Å². The summed E-state index contributed by atoms with van der Waals surface area (Å²) in [6, 6.07) is 13.7. The van der Waals surface area contributed by atoms with Gasteiger partial charge in [0.1, 0.15) is 0 Å². The quantitative estimate of drug-likeness (QED) is 0.781. The summed E-state index contributed by atoms with van der Waals surface area (Å²) in [5.74, 6) is -0.270. The highest BCUT2D eigenvalue weighted by atomic mass is 35.5. The molecule has 5 nitrogen and oxygen atoms in total. The molecule has 0 fully saturated rings. The molecule has 3 amide bonds. The minimum Gasteiger partial charge on any atom is -0.327 e. The van der Waals surface area contributed by atoms with Crippen molar-refractivity contribution in [1.29, 1.82) is 0 Å². The van der Waals surface area contributed by atoms with Gasteiger partial charge in [0, 0.05) is 16.4 Å². The maximum absolute atomic E-state index is 12.8. The van der Waals surface area contributed by atoms with E-state index in [4.69, 9.17) is 11.6 Å². The third-order valence-corrected chi connectivity index (χ3v) is 4.28. The van der Waals surface area contributed by atoms with Gasteiger partial charge in [-0.25, -0.2) is 4.79 Å². The van der Waals surface area contributed by atoms with Crippen molar-refractivity contribution in [3.8, 4) is 0 Å². The minimum absolute atomic E-state index is 0.270. The maximum atomic E-state index is 12.8. The fraction of sp³-hybridized carbons (Fsp3) is 0.158. The van der Waals surface area contributed by atoms with Crippen molar-refractivity contribution in [3.63, 3.8) is 0 Å². The second-order valence-electron chi connectivity index (χ2n) is 5.94. The summed E-state index contributed by atoms with van der Waals surface area (Å²) < 4.78 is 0. The fourth-order valence-electron chi connectivity index (χ4n) is 2.74. The Bertz CT molecular complexity index is 842. The van der Waals surface area contributed by atoms with Crippen molar-refractivity contribution in [1.82, 2.24) is 10.6 Å². The van der Waals surface area contributed by atoms with Crippen LogP contribution in [0.5, 0.6) is 0 Å². The Balaban J connectivity index is 1.92. The zero-order valence-electron chi connectivity index (χ0n) is 13.9. The van der Waals surface area contributed by atoms with E-state index in [0.29, 0.717) is 22.0 Å². The average Bonchev–Trinajstić information content (AvgIpc) is 2.57. The monoisotopic (exact) mass is 355 g/mol. The smallest absolute Gasteiger partial charge is 0.319 e. The number of rotatable bonds is 3. The van der Waals surface area contributed by atoms with E-state index in [2.05, 4.69) is 16.0 Å². The molecule has 0 saturated carbocycles. The summed E-state index contributed by atoms with van der Waals surface area (Å²) in [6.45, 7) is 3.70. The summed E-state index contributed by atoms with van der Waals surface area (Å²) in [7, 11) is 0. The molecule has 25 heavy (non-hydrogen) atoms. The van der Waals surface area contributed by atoms with Gasteiger partial charge >= 0.3 is 6.03 Å². The lowest BCUT2D eigenvalue weighted by molar-refractivity contribution is -0.113. The van der Waals surface area contributed by atoms with Crippen LogP contribution in [0.15, 0.2) is 59.8 Å². The average molecular weight is 356 g/mol. The van der Waals surface area contributed by atoms with Gasteiger partial charge in [0.2, 0.25) is 0 Å². The lowest BCUT2D eigenvalue weighted by Crippen LogP contribution is -2.45. The number of amides is 3. The first kappa shape index (κ1) is 17.0. The predicted molar refractivity (Wildman–Crippen MR) is 98.4 cm³/mol. The Morgan fingerprint density at radius 3 is 2.32 bits per heavy atom. The topological polar surface area (TPSA) is 70.2 Å². The molecule has 1 atom stereocenters. The summed E-state index contributed by atoms with van der Waals surface area (Å²) in [5, 5.41) is 8.93. The van der Waals surface area contributed by atoms with Crippen LogP contribution in [0, 0.1) is 6.92 Å². The summed E-state index contributed by atoms with van der Waals surface area (Å²) in [5.41, 5.74) is 3.57. The molecule has 1 aliphatic heterocycles. The normalized spacial score (nSPS) is 16.9. The lowest BCUT2D eigenvalue weighted by atomic mass is 9.95. The highest BCUT2D eigenvalue weighted by Crippen LogP contribution is 2.28. The summed E-state index contributed by atoms with van der Waals surface area (Å²) in [4.78, 5) is 24.7. The number of hydrogen-bond donors (Lipinski definition) is 3. The van der Waals surface area contributed by atoms with E-state index in [1.165, 1.54) is 0 Å². The van der Waals surface area contributed by atoms with Crippen molar-refractivity contribution >= 4 is 29.2 Å². The number of carbonyl (C=O) groups is 2. The molecule has 0 saturated heterocycles. The highest BCUT2D eigenvalue weighted by Gasteiger charge is 2.31. The van der Waals surface area contributed by atoms with Crippen LogP contribution >= 0.6 is 11.6 Å². The first-order valence-electron chi connectivity index (χ1n) is 7.86. The predicted octanol–water partition coefficient (Wildman–Crippen LogP) is 3.92. The number of urea groups is 1. The first-order chi connectivity index (χ1) is 11.9. The van der Waals surface area contributed by atoms with E-state index >= 15 is 0 Å². The van der Waals surface area contributed by atoms with E-state index in [0.717, 1.165) is 11.1 Å². The number of halogens is 1. The second-order valence-corrected chi connectivity index (χ2v) is 6.38. The van der Waals surface area contributed by atoms with Crippen molar-refractivity contribution in [2.45, 2.75) is 19.9 Å². The van der Waals surface area contributed by atoms with Gasteiger partial charge in [-0.2, -0.15) is 0 Å². The second kappa shape index (κ2) is 6.99. The molecule has 128 valence electrons. The molecule has 0 bridgehead atoms. The number of aryl methyl sites for hydroxylation is 1. The highest BCUT2D eigenvalue weighted by molar-refractivity contribution is 6.30. The zero-order chi connectivity index (χ0) is 18.0. The molecule has 6 heteroatoms.